The number of anilines is 2. The normalized spacial score (nSPS) is 18.4. The summed E-state index contributed by atoms with van der Waals surface area (Å²) in [7, 11) is 3.48. The van der Waals surface area contributed by atoms with Crippen molar-refractivity contribution >= 4 is 28.3 Å². The van der Waals surface area contributed by atoms with Crippen molar-refractivity contribution in [3.63, 3.8) is 0 Å². The van der Waals surface area contributed by atoms with E-state index < -0.39 is 5.60 Å². The topological polar surface area (TPSA) is 114 Å². The average Bonchev–Trinajstić information content (AvgIpc) is 2.88. The van der Waals surface area contributed by atoms with Crippen molar-refractivity contribution in [1.82, 2.24) is 14.9 Å². The third-order valence-corrected chi connectivity index (χ3v) is 8.23. The van der Waals surface area contributed by atoms with Crippen molar-refractivity contribution in [2.45, 2.75) is 84.8 Å². The van der Waals surface area contributed by atoms with Crippen molar-refractivity contribution in [2.75, 3.05) is 31.8 Å². The van der Waals surface area contributed by atoms with Gasteiger partial charge in [0, 0.05) is 36.7 Å². The number of fused-ring (bicyclic) bond motifs is 1. The first kappa shape index (κ1) is 29.6. The zero-order valence-corrected chi connectivity index (χ0v) is 25.3. The number of nitrogens with one attached hydrogen (secondary N) is 1. The largest absolute Gasteiger partial charge is 0.496 e. The van der Waals surface area contributed by atoms with Crippen LogP contribution in [0, 0.1) is 26.7 Å². The Kier molecular flexibility index (Phi) is 8.59. The standard InChI is InChI=1S/C32H45N5O3/c1-18-13-24(33)14-25(19(18)2)20(3)34-30-27-15-26(29(40-8)16-28(27)35-21(4)36-30)22-9-11-23(12-10-22)31(38)37(7)17-32(5,6)39/h13-16,20,22-23,39H,9-12,17,33H2,1-8H3,(H,34,35,36)/t20-,22?,23?/m1/s1. The molecule has 1 atom stereocenters. The summed E-state index contributed by atoms with van der Waals surface area (Å²) in [5.41, 5.74) is 11.5. The van der Waals surface area contributed by atoms with Crippen LogP contribution in [-0.4, -0.2) is 52.2 Å². The highest BCUT2D eigenvalue weighted by Crippen LogP contribution is 2.42. The van der Waals surface area contributed by atoms with Crippen LogP contribution >= 0.6 is 0 Å². The van der Waals surface area contributed by atoms with Gasteiger partial charge in [0.1, 0.15) is 17.4 Å². The molecule has 0 saturated heterocycles. The van der Waals surface area contributed by atoms with E-state index in [1.165, 1.54) is 11.1 Å². The molecule has 0 radical (unpaired) electrons. The Morgan fingerprint density at radius 2 is 1.82 bits per heavy atom. The second-order valence-electron chi connectivity index (χ2n) is 12.2. The molecule has 0 spiro atoms. The Morgan fingerprint density at radius 3 is 2.45 bits per heavy atom. The SMILES string of the molecule is COc1cc2nc(C)nc(N[C@H](C)c3cc(N)cc(C)c3C)c2cc1C1CCC(C(=O)N(C)CC(C)(C)O)CC1. The van der Waals surface area contributed by atoms with Crippen LogP contribution in [0.5, 0.6) is 5.75 Å². The Labute approximate surface area is 238 Å². The van der Waals surface area contributed by atoms with E-state index in [2.05, 4.69) is 32.2 Å². The number of amides is 1. The van der Waals surface area contributed by atoms with Gasteiger partial charge in [-0.2, -0.15) is 0 Å². The summed E-state index contributed by atoms with van der Waals surface area (Å²) in [4.78, 5) is 24.2. The van der Waals surface area contributed by atoms with E-state index in [9.17, 15) is 9.90 Å². The van der Waals surface area contributed by atoms with Gasteiger partial charge in [-0.15, -0.1) is 0 Å². The van der Waals surface area contributed by atoms with Crippen LogP contribution in [-0.2, 0) is 4.79 Å². The molecule has 1 aromatic heterocycles. The number of likely N-dealkylation sites (N-methyl/N-ethyl adjacent to an activating group) is 1. The van der Waals surface area contributed by atoms with Crippen molar-refractivity contribution in [3.05, 3.63) is 52.3 Å². The number of hydrogen-bond acceptors (Lipinski definition) is 7. The zero-order valence-electron chi connectivity index (χ0n) is 25.3. The van der Waals surface area contributed by atoms with Crippen molar-refractivity contribution in [1.29, 1.82) is 0 Å². The lowest BCUT2D eigenvalue weighted by atomic mass is 9.77. The quantitative estimate of drug-likeness (QED) is 0.304. The van der Waals surface area contributed by atoms with Crippen LogP contribution in [0.15, 0.2) is 24.3 Å². The molecule has 4 N–H and O–H groups in total. The number of aliphatic hydroxyl groups is 1. The lowest BCUT2D eigenvalue weighted by Gasteiger charge is -2.33. The van der Waals surface area contributed by atoms with Crippen LogP contribution in [0.3, 0.4) is 0 Å². The van der Waals surface area contributed by atoms with Gasteiger partial charge in [0.25, 0.3) is 0 Å². The number of carbonyl (C=O) groups excluding carboxylic acids is 1. The number of nitrogens with two attached hydrogens (primary N) is 1. The Balaban J connectivity index is 1.61. The molecule has 1 aliphatic rings. The van der Waals surface area contributed by atoms with Gasteiger partial charge >= 0.3 is 0 Å². The summed E-state index contributed by atoms with van der Waals surface area (Å²) in [6, 6.07) is 8.21. The molecule has 4 rings (SSSR count). The van der Waals surface area contributed by atoms with Crippen molar-refractivity contribution in [2.24, 2.45) is 5.92 Å². The van der Waals surface area contributed by atoms with E-state index in [-0.39, 0.29) is 23.8 Å². The molecule has 8 heteroatoms. The van der Waals surface area contributed by atoms with Gasteiger partial charge in [0.05, 0.1) is 24.3 Å². The molecule has 2 aromatic carbocycles. The predicted octanol–water partition coefficient (Wildman–Crippen LogP) is 5.82. The number of hydrogen-bond donors (Lipinski definition) is 3. The van der Waals surface area contributed by atoms with Gasteiger partial charge in [-0.25, -0.2) is 9.97 Å². The third-order valence-electron chi connectivity index (χ3n) is 8.23. The van der Waals surface area contributed by atoms with Crippen molar-refractivity contribution in [3.8, 4) is 5.75 Å². The maximum atomic E-state index is 13.0. The van der Waals surface area contributed by atoms with E-state index in [0.717, 1.165) is 65.0 Å². The van der Waals surface area contributed by atoms with Crippen molar-refractivity contribution < 1.29 is 14.6 Å². The van der Waals surface area contributed by atoms with E-state index >= 15 is 0 Å². The number of nitrogens with zero attached hydrogens (tertiary/aromatic N) is 3. The fourth-order valence-corrected chi connectivity index (χ4v) is 6.16. The summed E-state index contributed by atoms with van der Waals surface area (Å²) < 4.78 is 5.85. The minimum atomic E-state index is -0.908. The minimum absolute atomic E-state index is 0.00686. The third kappa shape index (κ3) is 6.49. The monoisotopic (exact) mass is 547 g/mol. The Bertz CT molecular complexity index is 1390. The van der Waals surface area contributed by atoms with E-state index in [1.54, 1.807) is 32.9 Å². The first-order valence-electron chi connectivity index (χ1n) is 14.2. The maximum Gasteiger partial charge on any atom is 0.225 e. The van der Waals surface area contributed by atoms with Gasteiger partial charge in [-0.05, 0) is 114 Å². The molecule has 1 saturated carbocycles. The minimum Gasteiger partial charge on any atom is -0.496 e. The van der Waals surface area contributed by atoms with E-state index in [1.807, 2.05) is 25.1 Å². The molecule has 1 amide bonds. The molecule has 216 valence electrons. The van der Waals surface area contributed by atoms with Gasteiger partial charge < -0.3 is 25.8 Å². The molecule has 8 nitrogen and oxygen atoms in total. The van der Waals surface area contributed by atoms with Gasteiger partial charge in [-0.3, -0.25) is 4.79 Å². The number of aryl methyl sites for hydroxylation is 2. The second kappa shape index (κ2) is 11.6. The lowest BCUT2D eigenvalue weighted by molar-refractivity contribution is -0.138. The number of benzene rings is 2. The average molecular weight is 548 g/mol. The fraction of sp³-hybridized carbons (Fsp3) is 0.531. The summed E-state index contributed by atoms with van der Waals surface area (Å²) in [5, 5.41) is 14.7. The summed E-state index contributed by atoms with van der Waals surface area (Å²) in [6.07, 6.45) is 3.40. The number of methoxy groups -OCH3 is 1. The molecular formula is C32H45N5O3. The summed E-state index contributed by atoms with van der Waals surface area (Å²) >= 11 is 0. The summed E-state index contributed by atoms with van der Waals surface area (Å²) in [5.74, 6) is 2.66. The van der Waals surface area contributed by atoms with Crippen LogP contribution < -0.4 is 15.8 Å². The predicted molar refractivity (Wildman–Crippen MR) is 162 cm³/mol. The molecule has 0 unspecified atom stereocenters. The Hall–Kier alpha value is -3.39. The first-order chi connectivity index (χ1) is 18.8. The number of ether oxygens (including phenoxy) is 1. The van der Waals surface area contributed by atoms with Gasteiger partial charge in [-0.1, -0.05) is 0 Å². The smallest absolute Gasteiger partial charge is 0.225 e. The van der Waals surface area contributed by atoms with E-state index in [4.69, 9.17) is 20.4 Å². The number of carbonyl (C=O) groups is 1. The zero-order chi connectivity index (χ0) is 29.4. The molecular weight excluding hydrogens is 502 g/mol. The molecule has 1 aliphatic carbocycles. The van der Waals surface area contributed by atoms with Crippen LogP contribution in [0.4, 0.5) is 11.5 Å². The molecule has 40 heavy (non-hydrogen) atoms. The van der Waals surface area contributed by atoms with E-state index in [0.29, 0.717) is 12.4 Å². The first-order valence-corrected chi connectivity index (χ1v) is 14.2. The molecule has 1 heterocycles. The molecule has 0 aliphatic heterocycles. The molecule has 1 fully saturated rings. The van der Waals surface area contributed by atoms with Crippen LogP contribution in [0.25, 0.3) is 10.9 Å². The number of rotatable bonds is 8. The van der Waals surface area contributed by atoms with Gasteiger partial charge in [0.2, 0.25) is 5.91 Å². The maximum absolute atomic E-state index is 13.0. The molecule has 3 aromatic rings. The fourth-order valence-electron chi connectivity index (χ4n) is 6.16. The summed E-state index contributed by atoms with van der Waals surface area (Å²) in [6.45, 7) is 12.0. The van der Waals surface area contributed by atoms with Gasteiger partial charge in [0.15, 0.2) is 0 Å². The number of aromatic nitrogens is 2. The highest BCUT2D eigenvalue weighted by atomic mass is 16.5. The van der Waals surface area contributed by atoms with Crippen LogP contribution in [0.1, 0.15) is 86.5 Å². The highest BCUT2D eigenvalue weighted by Gasteiger charge is 2.32. The second-order valence-corrected chi connectivity index (χ2v) is 12.2. The Morgan fingerprint density at radius 1 is 1.15 bits per heavy atom. The lowest BCUT2D eigenvalue weighted by Crippen LogP contribution is -2.43. The van der Waals surface area contributed by atoms with Crippen LogP contribution in [0.2, 0.25) is 0 Å². The highest BCUT2D eigenvalue weighted by molar-refractivity contribution is 5.91. The molecule has 0 bridgehead atoms. The number of nitrogen functional groups attached to an aromatic ring is 1.